The molecule has 0 aliphatic heterocycles. The number of ether oxygens (including phenoxy) is 1. The van der Waals surface area contributed by atoms with E-state index in [2.05, 4.69) is 53.2 Å². The van der Waals surface area contributed by atoms with Crippen molar-refractivity contribution in [1.29, 1.82) is 0 Å². The number of hydrogen-bond acceptors (Lipinski definition) is 4. The summed E-state index contributed by atoms with van der Waals surface area (Å²) < 4.78 is 5.16. The Kier molecular flexibility index (Phi) is 5.53. The Labute approximate surface area is 158 Å². The van der Waals surface area contributed by atoms with E-state index in [9.17, 15) is 0 Å². The number of rotatable bonds is 5. The van der Waals surface area contributed by atoms with E-state index in [-0.39, 0.29) is 0 Å². The molecule has 26 heavy (non-hydrogen) atoms. The van der Waals surface area contributed by atoms with Gasteiger partial charge in [-0.1, -0.05) is 30.3 Å². The molecule has 0 bridgehead atoms. The van der Waals surface area contributed by atoms with Crippen LogP contribution in [-0.2, 0) is 6.54 Å². The van der Waals surface area contributed by atoms with E-state index in [4.69, 9.17) is 17.0 Å². The molecule has 3 rings (SSSR count). The monoisotopic (exact) mass is 366 g/mol. The molecule has 5 nitrogen and oxygen atoms in total. The van der Waals surface area contributed by atoms with Crippen molar-refractivity contribution < 1.29 is 4.74 Å². The summed E-state index contributed by atoms with van der Waals surface area (Å²) in [5.74, 6) is 1.57. The van der Waals surface area contributed by atoms with Gasteiger partial charge in [0, 0.05) is 11.9 Å². The van der Waals surface area contributed by atoms with Gasteiger partial charge in [-0.3, -0.25) is 10.9 Å². The number of thiocarbonyl (C=S) groups is 1. The largest absolute Gasteiger partial charge is 0.497 e. The fourth-order valence-electron chi connectivity index (χ4n) is 2.72. The molecule has 3 aromatic rings. The molecule has 134 valence electrons. The van der Waals surface area contributed by atoms with Gasteiger partial charge in [-0.15, -0.1) is 0 Å². The minimum absolute atomic E-state index is 0.505. The summed E-state index contributed by atoms with van der Waals surface area (Å²) in [4.78, 5) is 4.67. The molecular formula is C20H22N4OS. The fourth-order valence-corrected chi connectivity index (χ4v) is 2.84. The van der Waals surface area contributed by atoms with Crippen molar-refractivity contribution in [3.05, 3.63) is 65.2 Å². The van der Waals surface area contributed by atoms with Gasteiger partial charge in [0.1, 0.15) is 11.6 Å². The summed E-state index contributed by atoms with van der Waals surface area (Å²) in [6, 6.07) is 16.1. The maximum Gasteiger partial charge on any atom is 0.185 e. The number of nitrogens with zero attached hydrogens (tertiary/aromatic N) is 1. The SMILES string of the molecule is COc1ccc(CNC(=S)NNc2cc(C)c3cccc(C)c3n2)cc1. The van der Waals surface area contributed by atoms with Crippen LogP contribution >= 0.6 is 12.2 Å². The summed E-state index contributed by atoms with van der Waals surface area (Å²) >= 11 is 5.32. The lowest BCUT2D eigenvalue weighted by Crippen LogP contribution is -2.38. The Balaban J connectivity index is 1.58. The second-order valence-electron chi connectivity index (χ2n) is 6.08. The highest BCUT2D eigenvalue weighted by molar-refractivity contribution is 7.80. The highest BCUT2D eigenvalue weighted by atomic mass is 32.1. The maximum atomic E-state index is 5.32. The van der Waals surface area contributed by atoms with Crippen LogP contribution in [0.25, 0.3) is 10.9 Å². The van der Waals surface area contributed by atoms with Crippen LogP contribution in [0.3, 0.4) is 0 Å². The van der Waals surface area contributed by atoms with E-state index in [1.54, 1.807) is 7.11 Å². The van der Waals surface area contributed by atoms with Crippen molar-refractivity contribution in [2.45, 2.75) is 20.4 Å². The van der Waals surface area contributed by atoms with Crippen molar-refractivity contribution >= 4 is 34.1 Å². The van der Waals surface area contributed by atoms with E-state index in [1.807, 2.05) is 30.3 Å². The van der Waals surface area contributed by atoms with E-state index >= 15 is 0 Å². The smallest absolute Gasteiger partial charge is 0.185 e. The Morgan fingerprint density at radius 1 is 1.08 bits per heavy atom. The average molecular weight is 366 g/mol. The minimum Gasteiger partial charge on any atom is -0.497 e. The quantitative estimate of drug-likeness (QED) is 0.471. The lowest BCUT2D eigenvalue weighted by atomic mass is 10.1. The van der Waals surface area contributed by atoms with E-state index in [0.29, 0.717) is 11.7 Å². The summed E-state index contributed by atoms with van der Waals surface area (Å²) in [7, 11) is 1.65. The molecule has 3 N–H and O–H groups in total. The molecule has 1 heterocycles. The summed E-state index contributed by atoms with van der Waals surface area (Å²) in [5.41, 5.74) is 10.5. The Hall–Kier alpha value is -2.86. The van der Waals surface area contributed by atoms with Gasteiger partial charge in [-0.2, -0.15) is 0 Å². The van der Waals surface area contributed by atoms with Gasteiger partial charge in [0.15, 0.2) is 5.11 Å². The molecule has 2 aromatic carbocycles. The van der Waals surface area contributed by atoms with Crippen LogP contribution in [-0.4, -0.2) is 17.2 Å². The summed E-state index contributed by atoms with van der Waals surface area (Å²) in [6.07, 6.45) is 0. The van der Waals surface area contributed by atoms with Gasteiger partial charge >= 0.3 is 0 Å². The van der Waals surface area contributed by atoms with Crippen molar-refractivity contribution in [3.63, 3.8) is 0 Å². The first-order chi connectivity index (χ1) is 12.6. The maximum absolute atomic E-state index is 5.32. The Morgan fingerprint density at radius 3 is 2.58 bits per heavy atom. The van der Waals surface area contributed by atoms with Crippen molar-refractivity contribution in [2.75, 3.05) is 12.5 Å². The third-order valence-electron chi connectivity index (χ3n) is 4.16. The first-order valence-electron chi connectivity index (χ1n) is 8.36. The molecule has 0 saturated carbocycles. The highest BCUT2D eigenvalue weighted by Gasteiger charge is 2.05. The molecule has 0 spiro atoms. The standard InChI is InChI=1S/C20H22N4OS/c1-13-5-4-6-17-14(2)11-18(22-19(13)17)23-24-20(26)21-12-15-7-9-16(25-3)10-8-15/h4-11H,12H2,1-3H3,(H,22,23)(H2,21,24,26). The van der Waals surface area contributed by atoms with Gasteiger partial charge in [-0.25, -0.2) is 4.98 Å². The van der Waals surface area contributed by atoms with Crippen molar-refractivity contribution in [1.82, 2.24) is 15.7 Å². The van der Waals surface area contributed by atoms with E-state index in [0.717, 1.165) is 33.6 Å². The second-order valence-corrected chi connectivity index (χ2v) is 6.48. The first kappa shape index (κ1) is 17.9. The molecule has 6 heteroatoms. The number of anilines is 1. The zero-order valence-electron chi connectivity index (χ0n) is 15.1. The first-order valence-corrected chi connectivity index (χ1v) is 8.77. The number of para-hydroxylation sites is 1. The van der Waals surface area contributed by atoms with Gasteiger partial charge in [0.2, 0.25) is 0 Å². The van der Waals surface area contributed by atoms with Gasteiger partial charge < -0.3 is 10.1 Å². The van der Waals surface area contributed by atoms with E-state index < -0.39 is 0 Å². The van der Waals surface area contributed by atoms with Crippen LogP contribution in [0.1, 0.15) is 16.7 Å². The molecule has 0 aliphatic carbocycles. The highest BCUT2D eigenvalue weighted by Crippen LogP contribution is 2.22. The van der Waals surface area contributed by atoms with E-state index in [1.165, 1.54) is 5.56 Å². The second kappa shape index (κ2) is 8.01. The number of methoxy groups -OCH3 is 1. The topological polar surface area (TPSA) is 58.2 Å². The predicted molar refractivity (Wildman–Crippen MR) is 110 cm³/mol. The number of hydrogen-bond donors (Lipinski definition) is 3. The predicted octanol–water partition coefficient (Wildman–Crippen LogP) is 3.85. The van der Waals surface area contributed by atoms with Crippen LogP contribution in [0, 0.1) is 13.8 Å². The lowest BCUT2D eigenvalue weighted by molar-refractivity contribution is 0.414. The molecule has 0 atom stereocenters. The fraction of sp³-hybridized carbons (Fsp3) is 0.200. The molecule has 0 aliphatic rings. The normalized spacial score (nSPS) is 10.4. The van der Waals surface area contributed by atoms with Crippen LogP contribution in [0.2, 0.25) is 0 Å². The summed E-state index contributed by atoms with van der Waals surface area (Å²) in [5, 5.41) is 4.83. The van der Waals surface area contributed by atoms with Crippen LogP contribution in [0.15, 0.2) is 48.5 Å². The van der Waals surface area contributed by atoms with Gasteiger partial charge in [-0.05, 0) is 61.0 Å². The molecular weight excluding hydrogens is 344 g/mol. The molecule has 0 amide bonds. The van der Waals surface area contributed by atoms with Crippen LogP contribution < -0.4 is 20.9 Å². The number of aromatic nitrogens is 1. The number of pyridine rings is 1. The summed E-state index contributed by atoms with van der Waals surface area (Å²) in [6.45, 7) is 4.77. The minimum atomic E-state index is 0.505. The molecule has 0 unspecified atom stereocenters. The van der Waals surface area contributed by atoms with Crippen molar-refractivity contribution in [2.24, 2.45) is 0 Å². The van der Waals surface area contributed by atoms with Crippen molar-refractivity contribution in [3.8, 4) is 5.75 Å². The zero-order chi connectivity index (χ0) is 18.5. The number of fused-ring (bicyclic) bond motifs is 1. The number of aryl methyl sites for hydroxylation is 2. The number of nitrogens with one attached hydrogen (secondary N) is 3. The molecule has 0 radical (unpaired) electrons. The zero-order valence-corrected chi connectivity index (χ0v) is 15.9. The Bertz CT molecular complexity index is 925. The molecule has 1 aromatic heterocycles. The van der Waals surface area contributed by atoms with Gasteiger partial charge in [0.05, 0.1) is 12.6 Å². The number of hydrazine groups is 1. The Morgan fingerprint density at radius 2 is 1.85 bits per heavy atom. The third-order valence-corrected chi connectivity index (χ3v) is 4.41. The lowest BCUT2D eigenvalue weighted by Gasteiger charge is -2.14. The van der Waals surface area contributed by atoms with Crippen LogP contribution in [0.4, 0.5) is 5.82 Å². The van der Waals surface area contributed by atoms with Gasteiger partial charge in [0.25, 0.3) is 0 Å². The van der Waals surface area contributed by atoms with Crippen LogP contribution in [0.5, 0.6) is 5.75 Å². The molecule has 0 fully saturated rings. The number of benzene rings is 2. The third kappa shape index (κ3) is 4.21. The average Bonchev–Trinajstić information content (AvgIpc) is 2.66. The molecule has 0 saturated heterocycles.